The van der Waals surface area contributed by atoms with E-state index in [1.807, 2.05) is 66.7 Å². The lowest BCUT2D eigenvalue weighted by Gasteiger charge is -1.98. The SMILES string of the molecule is N#CC(C#N)=Cc1ccc(-c2ccc3c(c2)[nH]c2cc(-c4ccc(C=C(C#N)C#N)s4)oc23)s1. The Balaban J connectivity index is 1.47. The number of hydrogen-bond donors (Lipinski definition) is 1. The lowest BCUT2D eigenvalue weighted by Crippen LogP contribution is -1.74. The molecule has 8 heteroatoms. The van der Waals surface area contributed by atoms with Crippen molar-refractivity contribution in [2.75, 3.05) is 0 Å². The minimum absolute atomic E-state index is 0.0613. The molecule has 5 rings (SSSR count). The molecule has 0 amide bonds. The van der Waals surface area contributed by atoms with Gasteiger partial charge in [-0.1, -0.05) is 6.07 Å². The molecule has 5 aromatic rings. The topological polar surface area (TPSA) is 124 Å². The van der Waals surface area contributed by atoms with Gasteiger partial charge in [-0.05, 0) is 54.1 Å². The van der Waals surface area contributed by atoms with Gasteiger partial charge in [0.05, 0.1) is 15.9 Å². The number of allylic oxidation sites excluding steroid dienone is 2. The third kappa shape index (κ3) is 3.77. The van der Waals surface area contributed by atoms with Gasteiger partial charge in [0.15, 0.2) is 5.58 Å². The number of hydrogen-bond acceptors (Lipinski definition) is 7. The van der Waals surface area contributed by atoms with Gasteiger partial charge in [0.1, 0.15) is 41.2 Å². The molecule has 6 nitrogen and oxygen atoms in total. The van der Waals surface area contributed by atoms with E-state index in [-0.39, 0.29) is 11.1 Å². The summed E-state index contributed by atoms with van der Waals surface area (Å²) >= 11 is 2.96. The van der Waals surface area contributed by atoms with Crippen LogP contribution < -0.4 is 0 Å². The molecule has 0 saturated heterocycles. The number of benzene rings is 1. The van der Waals surface area contributed by atoms with Gasteiger partial charge in [0.2, 0.25) is 0 Å². The highest BCUT2D eigenvalue weighted by molar-refractivity contribution is 7.16. The largest absolute Gasteiger partial charge is 0.453 e. The van der Waals surface area contributed by atoms with Gasteiger partial charge in [-0.15, -0.1) is 22.7 Å². The van der Waals surface area contributed by atoms with E-state index in [4.69, 9.17) is 25.5 Å². The Labute approximate surface area is 201 Å². The van der Waals surface area contributed by atoms with E-state index in [1.54, 1.807) is 12.2 Å². The first-order valence-corrected chi connectivity index (χ1v) is 11.5. The lowest BCUT2D eigenvalue weighted by atomic mass is 10.1. The summed E-state index contributed by atoms with van der Waals surface area (Å²) in [4.78, 5) is 7.01. The summed E-state index contributed by atoms with van der Waals surface area (Å²) in [6.45, 7) is 0. The van der Waals surface area contributed by atoms with Gasteiger partial charge in [-0.3, -0.25) is 0 Å². The van der Waals surface area contributed by atoms with Crippen molar-refractivity contribution in [3.63, 3.8) is 0 Å². The molecule has 4 heterocycles. The van der Waals surface area contributed by atoms with Crippen molar-refractivity contribution in [3.8, 4) is 45.4 Å². The van der Waals surface area contributed by atoms with Crippen LogP contribution in [-0.2, 0) is 0 Å². The summed E-state index contributed by atoms with van der Waals surface area (Å²) in [5.41, 5.74) is 3.75. The number of furan rings is 1. The molecule has 158 valence electrons. The number of rotatable bonds is 4. The molecule has 0 radical (unpaired) electrons. The Kier molecular flexibility index (Phi) is 5.30. The first kappa shape index (κ1) is 21.0. The van der Waals surface area contributed by atoms with E-state index >= 15 is 0 Å². The second kappa shape index (κ2) is 8.58. The zero-order valence-electron chi connectivity index (χ0n) is 17.3. The highest BCUT2D eigenvalue weighted by Gasteiger charge is 2.15. The van der Waals surface area contributed by atoms with Gasteiger partial charge >= 0.3 is 0 Å². The van der Waals surface area contributed by atoms with Gasteiger partial charge in [-0.2, -0.15) is 21.0 Å². The number of thiophene rings is 2. The maximum Gasteiger partial charge on any atom is 0.160 e. The Morgan fingerprint density at radius 2 is 1.35 bits per heavy atom. The predicted molar refractivity (Wildman–Crippen MR) is 133 cm³/mol. The molecule has 0 spiro atoms. The normalized spacial score (nSPS) is 10.2. The molecule has 1 aromatic carbocycles. The average molecular weight is 474 g/mol. The fraction of sp³-hybridized carbons (Fsp3) is 0. The zero-order valence-corrected chi connectivity index (χ0v) is 18.9. The monoisotopic (exact) mass is 473 g/mol. The average Bonchev–Trinajstić information content (AvgIpc) is 3.64. The number of fused-ring (bicyclic) bond motifs is 3. The van der Waals surface area contributed by atoms with Crippen molar-refractivity contribution in [2.24, 2.45) is 0 Å². The fourth-order valence-corrected chi connectivity index (χ4v) is 5.41. The molecular formula is C26H11N5OS2. The van der Waals surface area contributed by atoms with E-state index in [0.29, 0.717) is 5.76 Å². The number of nitrogens with one attached hydrogen (secondary N) is 1. The number of aromatic amines is 1. The first-order chi connectivity index (χ1) is 16.6. The van der Waals surface area contributed by atoms with E-state index in [1.165, 1.54) is 22.7 Å². The molecule has 0 saturated carbocycles. The van der Waals surface area contributed by atoms with Crippen LogP contribution in [0.3, 0.4) is 0 Å². The van der Waals surface area contributed by atoms with Crippen molar-refractivity contribution in [2.45, 2.75) is 0 Å². The minimum Gasteiger partial charge on any atom is -0.453 e. The molecule has 4 aromatic heterocycles. The summed E-state index contributed by atoms with van der Waals surface area (Å²) in [6, 6.07) is 23.2. The molecule has 0 aliphatic rings. The molecule has 0 aliphatic heterocycles. The molecule has 0 aliphatic carbocycles. The summed E-state index contributed by atoms with van der Waals surface area (Å²) in [6.07, 6.45) is 3.15. The predicted octanol–water partition coefficient (Wildman–Crippen LogP) is 7.23. The summed E-state index contributed by atoms with van der Waals surface area (Å²) in [5.74, 6) is 0.716. The highest BCUT2D eigenvalue weighted by Crippen LogP contribution is 2.38. The number of nitrogens with zero attached hydrogens (tertiary/aromatic N) is 4. The maximum absolute atomic E-state index is 8.95. The van der Waals surface area contributed by atoms with E-state index in [2.05, 4.69) is 11.1 Å². The summed E-state index contributed by atoms with van der Waals surface area (Å²) < 4.78 is 6.16. The van der Waals surface area contributed by atoms with Crippen LogP contribution in [-0.4, -0.2) is 4.98 Å². The lowest BCUT2D eigenvalue weighted by molar-refractivity contribution is 0.637. The third-order valence-corrected chi connectivity index (χ3v) is 7.23. The standard InChI is InChI=1S/C26H11N5OS2/c27-11-15(12-28)7-18-2-5-24(33-18)17-1-4-20-21(9-17)31-22-10-23(32-26(20)22)25-6-3-19(34-25)8-16(13-29)14-30/h1-10,31H. The Morgan fingerprint density at radius 3 is 2.00 bits per heavy atom. The van der Waals surface area contributed by atoms with Gasteiger partial charge in [-0.25, -0.2) is 0 Å². The van der Waals surface area contributed by atoms with Gasteiger partial charge < -0.3 is 9.40 Å². The van der Waals surface area contributed by atoms with E-state index in [0.717, 1.165) is 47.1 Å². The van der Waals surface area contributed by atoms with Crippen LogP contribution in [0.25, 0.3) is 55.2 Å². The number of aromatic nitrogens is 1. The first-order valence-electron chi connectivity index (χ1n) is 9.91. The molecule has 0 fully saturated rings. The summed E-state index contributed by atoms with van der Waals surface area (Å²) in [7, 11) is 0. The van der Waals surface area contributed by atoms with Crippen LogP contribution in [0.5, 0.6) is 0 Å². The Bertz CT molecular complexity index is 1700. The highest BCUT2D eigenvalue weighted by atomic mass is 32.1. The second-order valence-corrected chi connectivity index (χ2v) is 9.44. The summed E-state index contributed by atoms with van der Waals surface area (Å²) in [5, 5.41) is 36.8. The van der Waals surface area contributed by atoms with Crippen LogP contribution >= 0.6 is 22.7 Å². The number of H-pyrrole nitrogens is 1. The van der Waals surface area contributed by atoms with Crippen molar-refractivity contribution in [3.05, 3.63) is 69.4 Å². The van der Waals surface area contributed by atoms with Gasteiger partial charge in [0.25, 0.3) is 0 Å². The minimum atomic E-state index is 0.0613. The van der Waals surface area contributed by atoms with Crippen LogP contribution in [0.15, 0.2) is 64.1 Å². The molecule has 0 bridgehead atoms. The second-order valence-electron chi connectivity index (χ2n) is 7.21. The van der Waals surface area contributed by atoms with Crippen LogP contribution in [0.4, 0.5) is 0 Å². The van der Waals surface area contributed by atoms with E-state index < -0.39 is 0 Å². The molecular weight excluding hydrogens is 462 g/mol. The van der Waals surface area contributed by atoms with Crippen LogP contribution in [0.1, 0.15) is 9.75 Å². The third-order valence-electron chi connectivity index (χ3n) is 5.10. The van der Waals surface area contributed by atoms with Gasteiger partial charge in [0, 0.05) is 26.1 Å². The fourth-order valence-electron chi connectivity index (χ4n) is 3.56. The number of nitriles is 4. The van der Waals surface area contributed by atoms with Crippen molar-refractivity contribution < 1.29 is 4.42 Å². The zero-order chi connectivity index (χ0) is 23.7. The molecule has 34 heavy (non-hydrogen) atoms. The smallest absolute Gasteiger partial charge is 0.160 e. The van der Waals surface area contributed by atoms with Crippen molar-refractivity contribution in [1.82, 2.24) is 4.98 Å². The van der Waals surface area contributed by atoms with Crippen molar-refractivity contribution >= 4 is 56.8 Å². The molecule has 0 unspecified atom stereocenters. The molecule has 1 N–H and O–H groups in total. The van der Waals surface area contributed by atoms with E-state index in [9.17, 15) is 0 Å². The Hall–Kier alpha value is -4.86. The maximum atomic E-state index is 8.95. The van der Waals surface area contributed by atoms with Crippen molar-refractivity contribution in [1.29, 1.82) is 21.0 Å². The van der Waals surface area contributed by atoms with Crippen LogP contribution in [0.2, 0.25) is 0 Å². The Morgan fingerprint density at radius 1 is 0.735 bits per heavy atom. The quantitative estimate of drug-likeness (QED) is 0.276. The van der Waals surface area contributed by atoms with Crippen LogP contribution in [0, 0.1) is 45.3 Å². The molecule has 0 atom stereocenters.